The number of aryl methyl sites for hydroxylation is 1. The molecule has 1 aromatic heterocycles. The van der Waals surface area contributed by atoms with Gasteiger partial charge in [0.2, 0.25) is 0 Å². The van der Waals surface area contributed by atoms with Crippen molar-refractivity contribution < 1.29 is 0 Å². The highest BCUT2D eigenvalue weighted by Crippen LogP contribution is 2.05. The van der Waals surface area contributed by atoms with Crippen LogP contribution in [0.4, 0.5) is 0 Å². The summed E-state index contributed by atoms with van der Waals surface area (Å²) in [5.74, 6) is 1.86. The summed E-state index contributed by atoms with van der Waals surface area (Å²) in [7, 11) is 0. The summed E-state index contributed by atoms with van der Waals surface area (Å²) in [6.07, 6.45) is 5.97. The van der Waals surface area contributed by atoms with Gasteiger partial charge in [-0.15, -0.1) is 0 Å². The molecule has 0 aliphatic rings. The van der Waals surface area contributed by atoms with E-state index in [0.29, 0.717) is 6.54 Å². The predicted molar refractivity (Wildman–Crippen MR) is 54.4 cm³/mol. The molecule has 0 aromatic carbocycles. The first-order valence-corrected chi connectivity index (χ1v) is 4.94. The molecule has 1 rings (SSSR count). The van der Waals surface area contributed by atoms with Crippen LogP contribution in [-0.2, 0) is 13.0 Å². The molecule has 1 heterocycles. The van der Waals surface area contributed by atoms with E-state index in [2.05, 4.69) is 23.4 Å². The minimum absolute atomic E-state index is 0.679. The molecule has 0 bridgehead atoms. The van der Waals surface area contributed by atoms with Gasteiger partial charge in [0.05, 0.1) is 0 Å². The molecule has 2 N–H and O–H groups in total. The van der Waals surface area contributed by atoms with Gasteiger partial charge in [0.25, 0.3) is 0 Å². The number of rotatable bonds is 5. The smallest absolute Gasteiger partial charge is 0.109 e. The first-order valence-electron chi connectivity index (χ1n) is 4.94. The molecule has 0 radical (unpaired) electrons. The number of nitrogens with zero attached hydrogens (tertiary/aromatic N) is 2. The van der Waals surface area contributed by atoms with Gasteiger partial charge in [-0.3, -0.25) is 0 Å². The van der Waals surface area contributed by atoms with Crippen LogP contribution in [0.1, 0.15) is 26.1 Å². The van der Waals surface area contributed by atoms with Crippen LogP contribution in [0.15, 0.2) is 12.4 Å². The molecule has 1 aromatic rings. The van der Waals surface area contributed by atoms with E-state index in [0.717, 1.165) is 24.7 Å². The van der Waals surface area contributed by atoms with E-state index in [1.54, 1.807) is 0 Å². The third-order valence-electron chi connectivity index (χ3n) is 2.12. The minimum Gasteiger partial charge on any atom is -0.335 e. The molecule has 0 saturated heterocycles. The Balaban J connectivity index is 2.49. The van der Waals surface area contributed by atoms with Crippen molar-refractivity contribution in [3.8, 4) is 0 Å². The van der Waals surface area contributed by atoms with Crippen LogP contribution in [0.25, 0.3) is 0 Å². The van der Waals surface area contributed by atoms with E-state index >= 15 is 0 Å². The summed E-state index contributed by atoms with van der Waals surface area (Å²) in [6.45, 7) is 6.21. The lowest BCUT2D eigenvalue weighted by atomic mass is 10.1. The SMILES string of the molecule is CC(C)CCn1ccnc1CCN. The molecule has 0 saturated carbocycles. The fourth-order valence-corrected chi connectivity index (χ4v) is 1.30. The van der Waals surface area contributed by atoms with Crippen LogP contribution >= 0.6 is 0 Å². The van der Waals surface area contributed by atoms with E-state index < -0.39 is 0 Å². The normalized spacial score (nSPS) is 11.1. The first kappa shape index (κ1) is 10.3. The van der Waals surface area contributed by atoms with Crippen molar-refractivity contribution in [1.82, 2.24) is 9.55 Å². The second-order valence-corrected chi connectivity index (χ2v) is 3.76. The second-order valence-electron chi connectivity index (χ2n) is 3.76. The third kappa shape index (κ3) is 3.19. The molecule has 74 valence electrons. The second kappa shape index (κ2) is 5.02. The molecular weight excluding hydrogens is 162 g/mol. The van der Waals surface area contributed by atoms with Crippen molar-refractivity contribution in [2.45, 2.75) is 33.2 Å². The van der Waals surface area contributed by atoms with Gasteiger partial charge >= 0.3 is 0 Å². The average Bonchev–Trinajstić information content (AvgIpc) is 2.49. The molecule has 3 nitrogen and oxygen atoms in total. The monoisotopic (exact) mass is 181 g/mol. The van der Waals surface area contributed by atoms with Gasteiger partial charge in [-0.2, -0.15) is 0 Å². The maximum Gasteiger partial charge on any atom is 0.109 e. The predicted octanol–water partition coefficient (Wildman–Crippen LogP) is 1.43. The molecule has 0 aliphatic carbocycles. The van der Waals surface area contributed by atoms with Crippen LogP contribution in [-0.4, -0.2) is 16.1 Å². The maximum absolute atomic E-state index is 5.49. The van der Waals surface area contributed by atoms with Crippen molar-refractivity contribution in [3.05, 3.63) is 18.2 Å². The quantitative estimate of drug-likeness (QED) is 0.746. The Hall–Kier alpha value is -0.830. The van der Waals surface area contributed by atoms with Gasteiger partial charge in [0.15, 0.2) is 0 Å². The average molecular weight is 181 g/mol. The van der Waals surface area contributed by atoms with E-state index in [9.17, 15) is 0 Å². The van der Waals surface area contributed by atoms with Crippen LogP contribution in [0.2, 0.25) is 0 Å². The zero-order valence-corrected chi connectivity index (χ0v) is 8.53. The van der Waals surface area contributed by atoms with Gasteiger partial charge in [0, 0.05) is 25.4 Å². The zero-order valence-electron chi connectivity index (χ0n) is 8.53. The summed E-state index contributed by atoms with van der Waals surface area (Å²) in [5, 5.41) is 0. The van der Waals surface area contributed by atoms with E-state index in [-0.39, 0.29) is 0 Å². The largest absolute Gasteiger partial charge is 0.335 e. The van der Waals surface area contributed by atoms with Crippen molar-refractivity contribution in [1.29, 1.82) is 0 Å². The maximum atomic E-state index is 5.49. The lowest BCUT2D eigenvalue weighted by Gasteiger charge is -2.08. The third-order valence-corrected chi connectivity index (χ3v) is 2.12. The molecule has 3 heteroatoms. The summed E-state index contributed by atoms with van der Waals surface area (Å²) >= 11 is 0. The Kier molecular flexibility index (Phi) is 3.96. The van der Waals surface area contributed by atoms with Gasteiger partial charge in [-0.05, 0) is 18.9 Å². The standard InChI is InChI=1S/C10H19N3/c1-9(2)4-7-13-8-6-12-10(13)3-5-11/h6,8-9H,3-5,7,11H2,1-2H3. The Morgan fingerprint density at radius 2 is 2.31 bits per heavy atom. The summed E-state index contributed by atoms with van der Waals surface area (Å²) in [4.78, 5) is 4.27. The molecule has 0 fully saturated rings. The van der Waals surface area contributed by atoms with Crippen LogP contribution < -0.4 is 5.73 Å². The van der Waals surface area contributed by atoms with Gasteiger partial charge < -0.3 is 10.3 Å². The van der Waals surface area contributed by atoms with Crippen molar-refractivity contribution in [2.75, 3.05) is 6.54 Å². The van der Waals surface area contributed by atoms with Gasteiger partial charge in [-0.1, -0.05) is 13.8 Å². The Morgan fingerprint density at radius 1 is 1.54 bits per heavy atom. The van der Waals surface area contributed by atoms with Crippen LogP contribution in [0, 0.1) is 5.92 Å². The Bertz CT molecular complexity index is 240. The lowest BCUT2D eigenvalue weighted by Crippen LogP contribution is -2.10. The molecule has 13 heavy (non-hydrogen) atoms. The molecular formula is C10H19N3. The summed E-state index contributed by atoms with van der Waals surface area (Å²) < 4.78 is 2.20. The van der Waals surface area contributed by atoms with E-state index in [4.69, 9.17) is 5.73 Å². The lowest BCUT2D eigenvalue weighted by molar-refractivity contribution is 0.505. The highest BCUT2D eigenvalue weighted by Gasteiger charge is 2.01. The Morgan fingerprint density at radius 3 is 2.92 bits per heavy atom. The van der Waals surface area contributed by atoms with Crippen molar-refractivity contribution in [3.63, 3.8) is 0 Å². The minimum atomic E-state index is 0.679. The van der Waals surface area contributed by atoms with Gasteiger partial charge in [0.1, 0.15) is 5.82 Å². The number of imidazole rings is 1. The summed E-state index contributed by atoms with van der Waals surface area (Å²) in [6, 6.07) is 0. The molecule has 0 unspecified atom stereocenters. The number of hydrogen-bond acceptors (Lipinski definition) is 2. The molecule has 0 aliphatic heterocycles. The van der Waals surface area contributed by atoms with Crippen LogP contribution in [0.5, 0.6) is 0 Å². The Labute approximate surface area is 80.0 Å². The molecule has 0 amide bonds. The van der Waals surface area contributed by atoms with Crippen molar-refractivity contribution >= 4 is 0 Å². The summed E-state index contributed by atoms with van der Waals surface area (Å²) in [5.41, 5.74) is 5.49. The topological polar surface area (TPSA) is 43.8 Å². The highest BCUT2D eigenvalue weighted by molar-refractivity contribution is 4.92. The molecule has 0 spiro atoms. The highest BCUT2D eigenvalue weighted by atomic mass is 15.1. The number of aromatic nitrogens is 2. The van der Waals surface area contributed by atoms with E-state index in [1.807, 2.05) is 12.4 Å². The van der Waals surface area contributed by atoms with Crippen molar-refractivity contribution in [2.24, 2.45) is 11.7 Å². The number of hydrogen-bond donors (Lipinski definition) is 1. The van der Waals surface area contributed by atoms with E-state index in [1.165, 1.54) is 6.42 Å². The fraction of sp³-hybridized carbons (Fsp3) is 0.700. The van der Waals surface area contributed by atoms with Gasteiger partial charge in [-0.25, -0.2) is 4.98 Å². The van der Waals surface area contributed by atoms with Crippen LogP contribution in [0.3, 0.4) is 0 Å². The zero-order chi connectivity index (χ0) is 9.68. The first-order chi connectivity index (χ1) is 6.24. The number of nitrogens with two attached hydrogens (primary N) is 1. The molecule has 0 atom stereocenters. The fourth-order valence-electron chi connectivity index (χ4n) is 1.30.